The van der Waals surface area contributed by atoms with Gasteiger partial charge in [-0.2, -0.15) is 0 Å². The maximum atomic E-state index is 5.97. The summed E-state index contributed by atoms with van der Waals surface area (Å²) in [6.07, 6.45) is 1.13. The molecule has 2 rings (SSSR count). The van der Waals surface area contributed by atoms with Crippen molar-refractivity contribution in [3.8, 4) is 11.5 Å². The second-order valence-electron chi connectivity index (χ2n) is 6.08. The van der Waals surface area contributed by atoms with E-state index in [1.165, 1.54) is 16.7 Å². The van der Waals surface area contributed by atoms with Gasteiger partial charge in [0.05, 0.1) is 7.11 Å². The average molecular weight is 342 g/mol. The number of aryl methyl sites for hydroxylation is 1. The highest BCUT2D eigenvalue weighted by molar-refractivity contribution is 5.43. The van der Waals surface area contributed by atoms with E-state index in [1.54, 1.807) is 7.11 Å². The zero-order valence-electron chi connectivity index (χ0n) is 15.6. The Morgan fingerprint density at radius 1 is 0.960 bits per heavy atom. The lowest BCUT2D eigenvalue weighted by atomic mass is 10.1. The third-order valence-electron chi connectivity index (χ3n) is 4.16. The van der Waals surface area contributed by atoms with Crippen LogP contribution in [0.25, 0.3) is 0 Å². The Morgan fingerprint density at radius 2 is 1.76 bits per heavy atom. The molecule has 0 atom stereocenters. The first-order valence-electron chi connectivity index (χ1n) is 9.00. The SMILES string of the molecule is CCNCCCNCc1ccc(OCc2ccccc2C)c(OC)c1. The Balaban J connectivity index is 1.87. The van der Waals surface area contributed by atoms with Crippen molar-refractivity contribution in [2.75, 3.05) is 26.7 Å². The minimum Gasteiger partial charge on any atom is -0.493 e. The molecule has 0 amide bonds. The Labute approximate surface area is 151 Å². The maximum Gasteiger partial charge on any atom is 0.161 e. The van der Waals surface area contributed by atoms with Gasteiger partial charge in [0.15, 0.2) is 11.5 Å². The average Bonchev–Trinajstić information content (AvgIpc) is 2.64. The van der Waals surface area contributed by atoms with Crippen molar-refractivity contribution in [3.63, 3.8) is 0 Å². The second kappa shape index (κ2) is 10.7. The number of nitrogens with one attached hydrogen (secondary N) is 2. The van der Waals surface area contributed by atoms with E-state index in [4.69, 9.17) is 9.47 Å². The van der Waals surface area contributed by atoms with Crippen molar-refractivity contribution in [3.05, 3.63) is 59.2 Å². The van der Waals surface area contributed by atoms with Crippen LogP contribution in [0.2, 0.25) is 0 Å². The van der Waals surface area contributed by atoms with Crippen molar-refractivity contribution in [1.29, 1.82) is 0 Å². The Morgan fingerprint density at radius 3 is 2.52 bits per heavy atom. The van der Waals surface area contributed by atoms with Crippen LogP contribution in [0.15, 0.2) is 42.5 Å². The molecule has 0 saturated carbocycles. The molecule has 25 heavy (non-hydrogen) atoms. The molecule has 0 bridgehead atoms. The predicted octanol–water partition coefficient (Wildman–Crippen LogP) is 3.67. The number of rotatable bonds is 11. The third-order valence-corrected chi connectivity index (χ3v) is 4.16. The Hall–Kier alpha value is -2.04. The molecule has 0 aliphatic rings. The predicted molar refractivity (Wildman–Crippen MR) is 103 cm³/mol. The molecule has 0 aromatic heterocycles. The molecule has 0 unspecified atom stereocenters. The van der Waals surface area contributed by atoms with Crippen molar-refractivity contribution in [2.45, 2.75) is 33.4 Å². The van der Waals surface area contributed by atoms with Gasteiger partial charge >= 0.3 is 0 Å². The van der Waals surface area contributed by atoms with Crippen molar-refractivity contribution in [2.24, 2.45) is 0 Å². The van der Waals surface area contributed by atoms with Crippen LogP contribution in [0.5, 0.6) is 11.5 Å². The van der Waals surface area contributed by atoms with E-state index in [0.29, 0.717) is 6.61 Å². The minimum absolute atomic E-state index is 0.547. The third kappa shape index (κ3) is 6.40. The molecule has 136 valence electrons. The van der Waals surface area contributed by atoms with Gasteiger partial charge in [0, 0.05) is 6.54 Å². The largest absolute Gasteiger partial charge is 0.493 e. The highest BCUT2D eigenvalue weighted by atomic mass is 16.5. The number of benzene rings is 2. The number of hydrogen-bond donors (Lipinski definition) is 2. The van der Waals surface area contributed by atoms with Crippen LogP contribution in [0, 0.1) is 6.92 Å². The van der Waals surface area contributed by atoms with Gasteiger partial charge in [-0.25, -0.2) is 0 Å². The summed E-state index contributed by atoms with van der Waals surface area (Å²) >= 11 is 0. The fraction of sp³-hybridized carbons (Fsp3) is 0.429. The van der Waals surface area contributed by atoms with Crippen LogP contribution in [0.1, 0.15) is 30.0 Å². The zero-order chi connectivity index (χ0) is 17.9. The van der Waals surface area contributed by atoms with E-state index >= 15 is 0 Å². The molecule has 2 aromatic rings. The van der Waals surface area contributed by atoms with Crippen molar-refractivity contribution in [1.82, 2.24) is 10.6 Å². The molecule has 0 fully saturated rings. The second-order valence-corrected chi connectivity index (χ2v) is 6.08. The van der Waals surface area contributed by atoms with Crippen LogP contribution >= 0.6 is 0 Å². The van der Waals surface area contributed by atoms with E-state index in [-0.39, 0.29) is 0 Å². The van der Waals surface area contributed by atoms with Crippen molar-refractivity contribution < 1.29 is 9.47 Å². The molecule has 2 N–H and O–H groups in total. The lowest BCUT2D eigenvalue weighted by Gasteiger charge is -2.13. The molecule has 0 aliphatic carbocycles. The minimum atomic E-state index is 0.547. The summed E-state index contributed by atoms with van der Waals surface area (Å²) in [6.45, 7) is 8.69. The molecule has 0 spiro atoms. The highest BCUT2D eigenvalue weighted by Crippen LogP contribution is 2.29. The van der Waals surface area contributed by atoms with Crippen LogP contribution in [0.4, 0.5) is 0 Å². The Kier molecular flexibility index (Phi) is 8.29. The number of ether oxygens (including phenoxy) is 2. The summed E-state index contributed by atoms with van der Waals surface area (Å²) in [7, 11) is 1.68. The first-order valence-corrected chi connectivity index (χ1v) is 9.00. The fourth-order valence-corrected chi connectivity index (χ4v) is 2.62. The van der Waals surface area contributed by atoms with Crippen LogP contribution in [0.3, 0.4) is 0 Å². The maximum absolute atomic E-state index is 5.97. The first-order chi connectivity index (χ1) is 12.2. The molecular weight excluding hydrogens is 312 g/mol. The molecule has 4 nitrogen and oxygen atoms in total. The first kappa shape index (κ1) is 19.3. The summed E-state index contributed by atoms with van der Waals surface area (Å²) in [4.78, 5) is 0. The standard InChI is InChI=1S/C21H30N2O2/c1-4-22-12-7-13-23-15-18-10-11-20(21(14-18)24-3)25-16-19-9-6-5-8-17(19)2/h5-6,8-11,14,22-23H,4,7,12-13,15-16H2,1-3H3. The molecular formula is C21H30N2O2. The highest BCUT2D eigenvalue weighted by Gasteiger charge is 2.07. The summed E-state index contributed by atoms with van der Waals surface area (Å²) in [6, 6.07) is 14.4. The summed E-state index contributed by atoms with van der Waals surface area (Å²) in [5, 5.41) is 6.79. The van der Waals surface area contributed by atoms with Crippen molar-refractivity contribution >= 4 is 0 Å². The zero-order valence-corrected chi connectivity index (χ0v) is 15.6. The lowest BCUT2D eigenvalue weighted by molar-refractivity contribution is 0.283. The van der Waals surface area contributed by atoms with Gasteiger partial charge in [-0.05, 0) is 61.8 Å². The van der Waals surface area contributed by atoms with E-state index in [9.17, 15) is 0 Å². The van der Waals surface area contributed by atoms with E-state index in [2.05, 4.69) is 42.7 Å². The monoisotopic (exact) mass is 342 g/mol. The van der Waals surface area contributed by atoms with Crippen LogP contribution in [-0.2, 0) is 13.2 Å². The fourth-order valence-electron chi connectivity index (χ4n) is 2.62. The molecule has 0 radical (unpaired) electrons. The van der Waals surface area contributed by atoms with E-state index < -0.39 is 0 Å². The quantitative estimate of drug-likeness (QED) is 0.612. The van der Waals surface area contributed by atoms with Crippen LogP contribution < -0.4 is 20.1 Å². The smallest absolute Gasteiger partial charge is 0.161 e. The van der Waals surface area contributed by atoms with E-state index in [1.807, 2.05) is 24.3 Å². The molecule has 2 aromatic carbocycles. The van der Waals surface area contributed by atoms with Gasteiger partial charge in [0.25, 0.3) is 0 Å². The summed E-state index contributed by atoms with van der Waals surface area (Å²) < 4.78 is 11.5. The summed E-state index contributed by atoms with van der Waals surface area (Å²) in [5.41, 5.74) is 3.62. The summed E-state index contributed by atoms with van der Waals surface area (Å²) in [5.74, 6) is 1.56. The van der Waals surface area contributed by atoms with Gasteiger partial charge in [-0.15, -0.1) is 0 Å². The van der Waals surface area contributed by atoms with Gasteiger partial charge in [-0.1, -0.05) is 37.3 Å². The van der Waals surface area contributed by atoms with Gasteiger partial charge in [0.1, 0.15) is 6.61 Å². The van der Waals surface area contributed by atoms with Gasteiger partial charge < -0.3 is 20.1 Å². The lowest BCUT2D eigenvalue weighted by Crippen LogP contribution is -2.21. The number of methoxy groups -OCH3 is 1. The Bertz CT molecular complexity index is 644. The molecule has 0 saturated heterocycles. The number of hydrogen-bond acceptors (Lipinski definition) is 4. The molecule has 0 aliphatic heterocycles. The van der Waals surface area contributed by atoms with Gasteiger partial charge in [0.2, 0.25) is 0 Å². The topological polar surface area (TPSA) is 42.5 Å². The van der Waals surface area contributed by atoms with E-state index in [0.717, 1.165) is 44.1 Å². The van der Waals surface area contributed by atoms with Gasteiger partial charge in [-0.3, -0.25) is 0 Å². The molecule has 0 heterocycles. The molecule has 4 heteroatoms. The normalized spacial score (nSPS) is 10.7. The van der Waals surface area contributed by atoms with Crippen LogP contribution in [-0.4, -0.2) is 26.7 Å².